The quantitative estimate of drug-likeness (QED) is 0.509. The highest BCUT2D eigenvalue weighted by Crippen LogP contribution is 2.42. The largest absolute Gasteiger partial charge is 0.115 e. The van der Waals surface area contributed by atoms with E-state index in [2.05, 4.69) is 37.6 Å². The maximum atomic E-state index is 5.63. The molecule has 0 saturated heterocycles. The van der Waals surface area contributed by atoms with Gasteiger partial charge in [0.25, 0.3) is 0 Å². The van der Waals surface area contributed by atoms with Crippen LogP contribution in [0, 0.1) is 12.3 Å². The predicted octanol–water partition coefficient (Wildman–Crippen LogP) is 3.83. The fourth-order valence-corrected chi connectivity index (χ4v) is 2.00. The summed E-state index contributed by atoms with van der Waals surface area (Å²) in [6.45, 7) is 5.97. The lowest BCUT2D eigenvalue weighted by molar-refractivity contribution is 0.953. The summed E-state index contributed by atoms with van der Waals surface area (Å²) in [5.41, 5.74) is 3.72. The Morgan fingerprint density at radius 2 is 2.27 bits per heavy atom. The molecule has 1 atom stereocenters. The van der Waals surface area contributed by atoms with Gasteiger partial charge >= 0.3 is 0 Å². The summed E-state index contributed by atoms with van der Waals surface area (Å²) in [5.74, 6) is 3.91. The van der Waals surface area contributed by atoms with E-state index in [9.17, 15) is 0 Å². The highest BCUT2D eigenvalue weighted by Gasteiger charge is 2.26. The van der Waals surface area contributed by atoms with Gasteiger partial charge in [-0.3, -0.25) is 0 Å². The number of allylic oxidation sites excluding steroid dienone is 1. The fraction of sp³-hybridized carbons (Fsp3) is 0.333. The fourth-order valence-electron chi connectivity index (χ4n) is 2.00. The Balaban J connectivity index is 2.50. The molecule has 0 aromatic heterocycles. The minimum Gasteiger partial charge on any atom is -0.115 e. The molecule has 0 radical (unpaired) electrons. The average molecular weight is 196 g/mol. The summed E-state index contributed by atoms with van der Waals surface area (Å²) < 4.78 is 0. The summed E-state index contributed by atoms with van der Waals surface area (Å²) in [5, 5.41) is 0. The standard InChI is InChI=1S/C15H16/c1-4-11(3)14-7-6-8-15(12-9-10-12)13(14)5-2/h2,4,6-8,11-12H,1,9-10H2,3H3. The van der Waals surface area contributed by atoms with Crippen molar-refractivity contribution >= 4 is 0 Å². The average Bonchev–Trinajstić information content (AvgIpc) is 3.10. The van der Waals surface area contributed by atoms with E-state index in [4.69, 9.17) is 6.42 Å². The summed E-state index contributed by atoms with van der Waals surface area (Å²) in [6, 6.07) is 6.41. The second-order valence-corrected chi connectivity index (χ2v) is 4.25. The molecular weight excluding hydrogens is 180 g/mol. The highest BCUT2D eigenvalue weighted by molar-refractivity contribution is 5.51. The third kappa shape index (κ3) is 1.83. The summed E-state index contributed by atoms with van der Waals surface area (Å²) in [4.78, 5) is 0. The molecule has 0 heterocycles. The molecule has 1 aromatic rings. The Hall–Kier alpha value is -1.48. The predicted molar refractivity (Wildman–Crippen MR) is 65.0 cm³/mol. The highest BCUT2D eigenvalue weighted by atomic mass is 14.3. The molecule has 1 fully saturated rings. The van der Waals surface area contributed by atoms with Crippen molar-refractivity contribution < 1.29 is 0 Å². The molecule has 76 valence electrons. The van der Waals surface area contributed by atoms with Crippen LogP contribution in [-0.4, -0.2) is 0 Å². The molecule has 0 bridgehead atoms. The van der Waals surface area contributed by atoms with Crippen molar-refractivity contribution in [2.45, 2.75) is 31.6 Å². The van der Waals surface area contributed by atoms with Crippen molar-refractivity contribution in [3.8, 4) is 12.3 Å². The maximum Gasteiger partial charge on any atom is 0.0315 e. The van der Waals surface area contributed by atoms with Gasteiger partial charge in [0, 0.05) is 5.56 Å². The number of rotatable bonds is 3. The van der Waals surface area contributed by atoms with Crippen LogP contribution in [-0.2, 0) is 0 Å². The monoisotopic (exact) mass is 196 g/mol. The Kier molecular flexibility index (Phi) is 2.64. The molecule has 1 aromatic carbocycles. The Bertz CT molecular complexity index is 416. The van der Waals surface area contributed by atoms with Crippen LogP contribution in [0.25, 0.3) is 0 Å². The summed E-state index contributed by atoms with van der Waals surface area (Å²) in [6.07, 6.45) is 10.2. The van der Waals surface area contributed by atoms with Gasteiger partial charge in [-0.15, -0.1) is 13.0 Å². The lowest BCUT2D eigenvalue weighted by Gasteiger charge is -2.13. The Morgan fingerprint density at radius 3 is 2.80 bits per heavy atom. The van der Waals surface area contributed by atoms with Crippen molar-refractivity contribution in [3.63, 3.8) is 0 Å². The van der Waals surface area contributed by atoms with E-state index in [-0.39, 0.29) is 0 Å². The number of hydrogen-bond acceptors (Lipinski definition) is 0. The molecule has 15 heavy (non-hydrogen) atoms. The van der Waals surface area contributed by atoms with Crippen LogP contribution in [0.15, 0.2) is 30.9 Å². The van der Waals surface area contributed by atoms with E-state index in [1.807, 2.05) is 6.08 Å². The van der Waals surface area contributed by atoms with Crippen molar-refractivity contribution in [1.82, 2.24) is 0 Å². The minimum atomic E-state index is 0.342. The van der Waals surface area contributed by atoms with E-state index in [1.165, 1.54) is 24.0 Å². The van der Waals surface area contributed by atoms with Crippen LogP contribution in [0.1, 0.15) is 48.3 Å². The van der Waals surface area contributed by atoms with E-state index in [0.29, 0.717) is 11.8 Å². The van der Waals surface area contributed by atoms with Crippen LogP contribution >= 0.6 is 0 Å². The van der Waals surface area contributed by atoms with E-state index >= 15 is 0 Å². The smallest absolute Gasteiger partial charge is 0.0315 e. The first-order valence-electron chi connectivity index (χ1n) is 5.50. The molecule has 1 saturated carbocycles. The molecule has 0 N–H and O–H groups in total. The Morgan fingerprint density at radius 1 is 1.53 bits per heavy atom. The summed E-state index contributed by atoms with van der Waals surface area (Å²) >= 11 is 0. The molecule has 2 rings (SSSR count). The van der Waals surface area contributed by atoms with Gasteiger partial charge in [0.2, 0.25) is 0 Å². The number of benzene rings is 1. The molecule has 0 aliphatic heterocycles. The third-order valence-electron chi connectivity index (χ3n) is 3.13. The zero-order chi connectivity index (χ0) is 10.8. The molecule has 1 aliphatic carbocycles. The lowest BCUT2D eigenvalue weighted by atomic mass is 9.91. The Labute approximate surface area is 92.0 Å². The van der Waals surface area contributed by atoms with Gasteiger partial charge in [-0.25, -0.2) is 0 Å². The zero-order valence-corrected chi connectivity index (χ0v) is 9.16. The number of terminal acetylenes is 1. The van der Waals surface area contributed by atoms with Crippen molar-refractivity contribution in [1.29, 1.82) is 0 Å². The molecule has 1 aliphatic rings. The van der Waals surface area contributed by atoms with Crippen LogP contribution < -0.4 is 0 Å². The van der Waals surface area contributed by atoms with Gasteiger partial charge in [0.1, 0.15) is 0 Å². The molecule has 1 unspecified atom stereocenters. The van der Waals surface area contributed by atoms with Crippen LogP contribution in [0.2, 0.25) is 0 Å². The van der Waals surface area contributed by atoms with E-state index < -0.39 is 0 Å². The van der Waals surface area contributed by atoms with Gasteiger partial charge in [-0.1, -0.05) is 37.1 Å². The van der Waals surface area contributed by atoms with Gasteiger partial charge in [0.05, 0.1) is 0 Å². The van der Waals surface area contributed by atoms with Gasteiger partial charge < -0.3 is 0 Å². The van der Waals surface area contributed by atoms with Crippen molar-refractivity contribution in [2.75, 3.05) is 0 Å². The molecule has 0 spiro atoms. The second-order valence-electron chi connectivity index (χ2n) is 4.25. The van der Waals surface area contributed by atoms with Gasteiger partial charge in [-0.05, 0) is 35.8 Å². The molecule has 0 nitrogen and oxygen atoms in total. The molecular formula is C15H16. The maximum absolute atomic E-state index is 5.63. The minimum absolute atomic E-state index is 0.342. The first kappa shape index (κ1) is 10.1. The summed E-state index contributed by atoms with van der Waals surface area (Å²) in [7, 11) is 0. The first-order valence-corrected chi connectivity index (χ1v) is 5.50. The van der Waals surface area contributed by atoms with E-state index in [1.54, 1.807) is 0 Å². The van der Waals surface area contributed by atoms with Crippen molar-refractivity contribution in [3.05, 3.63) is 47.5 Å². The second kappa shape index (κ2) is 3.95. The van der Waals surface area contributed by atoms with E-state index in [0.717, 1.165) is 5.56 Å². The zero-order valence-electron chi connectivity index (χ0n) is 9.16. The van der Waals surface area contributed by atoms with Crippen molar-refractivity contribution in [2.24, 2.45) is 0 Å². The molecule has 0 heteroatoms. The van der Waals surface area contributed by atoms with Crippen LogP contribution in [0.3, 0.4) is 0 Å². The molecule has 0 amide bonds. The topological polar surface area (TPSA) is 0 Å². The van der Waals surface area contributed by atoms with Gasteiger partial charge in [-0.2, -0.15) is 0 Å². The first-order chi connectivity index (χ1) is 7.27. The lowest BCUT2D eigenvalue weighted by Crippen LogP contribution is -1.97. The number of hydrogen-bond donors (Lipinski definition) is 0. The normalized spacial score (nSPS) is 16.8. The van der Waals surface area contributed by atoms with Gasteiger partial charge in [0.15, 0.2) is 0 Å². The third-order valence-corrected chi connectivity index (χ3v) is 3.13. The SMILES string of the molecule is C#Cc1c(C(C)C=C)cccc1C1CC1. The van der Waals surface area contributed by atoms with Crippen LogP contribution in [0.4, 0.5) is 0 Å². The van der Waals surface area contributed by atoms with Crippen LogP contribution in [0.5, 0.6) is 0 Å².